The first-order chi connectivity index (χ1) is 13.8. The molecule has 0 aromatic heterocycles. The van der Waals surface area contributed by atoms with Crippen LogP contribution in [0.25, 0.3) is 0 Å². The number of piperidine rings is 1. The second kappa shape index (κ2) is 8.97. The smallest absolute Gasteiger partial charge is 0.243 e. The Morgan fingerprint density at radius 1 is 1.10 bits per heavy atom. The van der Waals surface area contributed by atoms with E-state index in [0.29, 0.717) is 18.7 Å². The topological polar surface area (TPSA) is 75.7 Å². The maximum absolute atomic E-state index is 13.2. The van der Waals surface area contributed by atoms with Gasteiger partial charge in [0.2, 0.25) is 15.9 Å². The summed E-state index contributed by atoms with van der Waals surface area (Å²) >= 11 is 0. The van der Waals surface area contributed by atoms with Crippen molar-refractivity contribution in [3.05, 3.63) is 53.6 Å². The van der Waals surface area contributed by atoms with Gasteiger partial charge >= 0.3 is 0 Å². The number of carbonyl (C=O) groups is 1. The number of methoxy groups -OCH3 is 1. The van der Waals surface area contributed by atoms with E-state index in [4.69, 9.17) is 4.74 Å². The molecule has 6 nitrogen and oxygen atoms in total. The van der Waals surface area contributed by atoms with Crippen molar-refractivity contribution >= 4 is 21.6 Å². The quantitative estimate of drug-likeness (QED) is 0.775. The molecule has 1 N–H and O–H groups in total. The highest BCUT2D eigenvalue weighted by Gasteiger charge is 2.34. The zero-order valence-corrected chi connectivity index (χ0v) is 18.0. The van der Waals surface area contributed by atoms with E-state index >= 15 is 0 Å². The number of benzene rings is 2. The fourth-order valence-corrected chi connectivity index (χ4v) is 5.54. The van der Waals surface area contributed by atoms with Gasteiger partial charge in [0, 0.05) is 24.7 Å². The van der Waals surface area contributed by atoms with Crippen molar-refractivity contribution in [1.29, 1.82) is 0 Å². The van der Waals surface area contributed by atoms with Crippen LogP contribution < -0.4 is 10.1 Å². The first-order valence-corrected chi connectivity index (χ1v) is 11.3. The summed E-state index contributed by atoms with van der Waals surface area (Å²) < 4.78 is 33.0. The van der Waals surface area contributed by atoms with Gasteiger partial charge in [-0.1, -0.05) is 12.5 Å². The van der Waals surface area contributed by atoms with Crippen molar-refractivity contribution in [2.45, 2.75) is 50.5 Å². The van der Waals surface area contributed by atoms with Gasteiger partial charge in [0.05, 0.1) is 12.0 Å². The minimum absolute atomic E-state index is 0.141. The molecule has 1 heterocycles. The summed E-state index contributed by atoms with van der Waals surface area (Å²) in [7, 11) is -2.13. The van der Waals surface area contributed by atoms with Gasteiger partial charge in [0.15, 0.2) is 0 Å². The van der Waals surface area contributed by atoms with Gasteiger partial charge in [0.25, 0.3) is 0 Å². The summed E-state index contributed by atoms with van der Waals surface area (Å²) in [6.07, 6.45) is 2.53. The molecule has 0 aliphatic carbocycles. The molecule has 0 radical (unpaired) electrons. The molecule has 0 bridgehead atoms. The van der Waals surface area contributed by atoms with Crippen LogP contribution in [0.2, 0.25) is 0 Å². The normalized spacial score (nSPS) is 17.7. The minimum atomic E-state index is -3.67. The van der Waals surface area contributed by atoms with Crippen LogP contribution in [0.5, 0.6) is 5.75 Å². The van der Waals surface area contributed by atoms with Gasteiger partial charge in [-0.3, -0.25) is 4.79 Å². The fraction of sp³-hybridized carbons (Fsp3) is 0.409. The Hall–Kier alpha value is -2.38. The molecule has 29 heavy (non-hydrogen) atoms. The predicted octanol–water partition coefficient (Wildman–Crippen LogP) is 3.88. The Balaban J connectivity index is 1.75. The minimum Gasteiger partial charge on any atom is -0.497 e. The van der Waals surface area contributed by atoms with Gasteiger partial charge in [-0.2, -0.15) is 4.31 Å². The highest BCUT2D eigenvalue weighted by molar-refractivity contribution is 7.89. The molecule has 0 saturated carbocycles. The molecule has 1 fully saturated rings. The maximum Gasteiger partial charge on any atom is 0.243 e. The summed E-state index contributed by atoms with van der Waals surface area (Å²) in [5.41, 5.74) is 2.89. The third kappa shape index (κ3) is 5.16. The Morgan fingerprint density at radius 3 is 2.38 bits per heavy atom. The number of nitrogens with one attached hydrogen (secondary N) is 1. The van der Waals surface area contributed by atoms with Crippen molar-refractivity contribution in [3.63, 3.8) is 0 Å². The molecule has 0 spiro atoms. The van der Waals surface area contributed by atoms with Crippen molar-refractivity contribution < 1.29 is 17.9 Å². The number of sulfonamides is 1. The van der Waals surface area contributed by atoms with Crippen LogP contribution in [0.1, 0.15) is 36.8 Å². The number of anilines is 1. The lowest BCUT2D eigenvalue weighted by Gasteiger charge is -2.34. The van der Waals surface area contributed by atoms with Crippen molar-refractivity contribution in [3.8, 4) is 5.75 Å². The Labute approximate surface area is 172 Å². The number of aryl methyl sites for hydroxylation is 2. The average Bonchev–Trinajstić information content (AvgIpc) is 2.67. The van der Waals surface area contributed by atoms with E-state index in [-0.39, 0.29) is 23.3 Å². The lowest BCUT2D eigenvalue weighted by molar-refractivity contribution is -0.117. The second-order valence-electron chi connectivity index (χ2n) is 7.57. The predicted molar refractivity (Wildman–Crippen MR) is 114 cm³/mol. The highest BCUT2D eigenvalue weighted by Crippen LogP contribution is 2.28. The number of hydrogen-bond acceptors (Lipinski definition) is 4. The molecule has 2 aromatic rings. The molecule has 1 aliphatic rings. The van der Waals surface area contributed by atoms with E-state index in [0.717, 1.165) is 29.7 Å². The number of carbonyl (C=O) groups excluding carboxylic acids is 1. The number of amides is 1. The second-order valence-corrected chi connectivity index (χ2v) is 9.46. The molecular weight excluding hydrogens is 388 g/mol. The van der Waals surface area contributed by atoms with Crippen molar-refractivity contribution in [2.24, 2.45) is 0 Å². The lowest BCUT2D eigenvalue weighted by atomic mass is 10.0. The molecule has 1 aliphatic heterocycles. The summed E-state index contributed by atoms with van der Waals surface area (Å²) in [4.78, 5) is 12.9. The summed E-state index contributed by atoms with van der Waals surface area (Å²) in [5.74, 6) is 0.434. The highest BCUT2D eigenvalue weighted by atomic mass is 32.2. The summed E-state index contributed by atoms with van der Waals surface area (Å²) in [6, 6.07) is 11.9. The SMILES string of the molecule is COc1ccc(S(=O)(=O)N2CCCC[C@@H]2CC(=O)Nc2cc(C)cc(C)c2)cc1. The number of hydrogen-bond donors (Lipinski definition) is 1. The standard InChI is InChI=1S/C22H28N2O4S/c1-16-12-17(2)14-18(13-16)23-22(25)15-19-6-4-5-11-24(19)29(26,27)21-9-7-20(28-3)8-10-21/h7-10,12-14,19H,4-6,11,15H2,1-3H3,(H,23,25)/t19-/m1/s1. The Morgan fingerprint density at radius 2 is 1.76 bits per heavy atom. The molecule has 1 saturated heterocycles. The first-order valence-electron chi connectivity index (χ1n) is 9.83. The van der Waals surface area contributed by atoms with E-state index in [1.807, 2.05) is 32.0 Å². The molecule has 2 aromatic carbocycles. The summed E-state index contributed by atoms with van der Waals surface area (Å²) in [6.45, 7) is 4.38. The van der Waals surface area contributed by atoms with Crippen molar-refractivity contribution in [2.75, 3.05) is 19.0 Å². The van der Waals surface area contributed by atoms with E-state index in [9.17, 15) is 13.2 Å². The largest absolute Gasteiger partial charge is 0.497 e. The molecule has 7 heteroatoms. The number of ether oxygens (including phenoxy) is 1. The van der Waals surface area contributed by atoms with E-state index < -0.39 is 10.0 Å². The maximum atomic E-state index is 13.2. The molecule has 0 unspecified atom stereocenters. The van der Waals surface area contributed by atoms with Gasteiger partial charge in [-0.25, -0.2) is 8.42 Å². The molecular formula is C22H28N2O4S. The van der Waals surface area contributed by atoms with Crippen LogP contribution in [-0.4, -0.2) is 38.3 Å². The molecule has 1 atom stereocenters. The zero-order chi connectivity index (χ0) is 21.0. The molecule has 1 amide bonds. The molecule has 3 rings (SSSR count). The average molecular weight is 417 g/mol. The van der Waals surface area contributed by atoms with Gasteiger partial charge < -0.3 is 10.1 Å². The Bertz CT molecular complexity index is 951. The third-order valence-electron chi connectivity index (χ3n) is 5.17. The van der Waals surface area contributed by atoms with E-state index in [1.165, 1.54) is 4.31 Å². The monoisotopic (exact) mass is 416 g/mol. The summed E-state index contributed by atoms with van der Waals surface area (Å²) in [5, 5.41) is 2.92. The zero-order valence-electron chi connectivity index (χ0n) is 17.1. The van der Waals surface area contributed by atoms with Crippen LogP contribution in [0.15, 0.2) is 47.4 Å². The van der Waals surface area contributed by atoms with Gasteiger partial charge in [0.1, 0.15) is 5.75 Å². The van der Waals surface area contributed by atoms with Crippen LogP contribution in [0.4, 0.5) is 5.69 Å². The fourth-order valence-electron chi connectivity index (χ4n) is 3.85. The lowest BCUT2D eigenvalue weighted by Crippen LogP contribution is -2.45. The number of nitrogens with zero attached hydrogens (tertiary/aromatic N) is 1. The van der Waals surface area contributed by atoms with E-state index in [1.54, 1.807) is 31.4 Å². The first kappa shape index (κ1) is 21.3. The van der Waals surface area contributed by atoms with Crippen LogP contribution >= 0.6 is 0 Å². The Kier molecular flexibility index (Phi) is 6.59. The number of rotatable bonds is 6. The third-order valence-corrected chi connectivity index (χ3v) is 7.13. The van der Waals surface area contributed by atoms with Gasteiger partial charge in [-0.15, -0.1) is 0 Å². The van der Waals surface area contributed by atoms with E-state index in [2.05, 4.69) is 5.32 Å². The van der Waals surface area contributed by atoms with Gasteiger partial charge in [-0.05, 0) is 74.2 Å². The van der Waals surface area contributed by atoms with Crippen LogP contribution in [0.3, 0.4) is 0 Å². The van der Waals surface area contributed by atoms with Crippen LogP contribution in [-0.2, 0) is 14.8 Å². The van der Waals surface area contributed by atoms with Crippen LogP contribution in [0, 0.1) is 13.8 Å². The van der Waals surface area contributed by atoms with Crippen molar-refractivity contribution in [1.82, 2.24) is 4.31 Å². The molecule has 156 valence electrons.